The minimum atomic E-state index is -0.0513. The topological polar surface area (TPSA) is 41.1 Å². The van der Waals surface area contributed by atoms with E-state index in [0.29, 0.717) is 5.92 Å². The summed E-state index contributed by atoms with van der Waals surface area (Å²) < 4.78 is 0. The molecule has 0 spiro atoms. The number of aldehydes is 1. The lowest BCUT2D eigenvalue weighted by Gasteiger charge is -2.21. The molecule has 1 aromatic carbocycles. The molecule has 0 saturated carbocycles. The van der Waals surface area contributed by atoms with E-state index in [0.717, 1.165) is 19.3 Å². The molecule has 0 bridgehead atoms. The van der Waals surface area contributed by atoms with Crippen molar-refractivity contribution in [1.82, 2.24) is 10.6 Å². The Morgan fingerprint density at radius 3 is 2.39 bits per heavy atom. The molecule has 0 amide bonds. The zero-order chi connectivity index (χ0) is 13.4. The Labute approximate surface area is 110 Å². The van der Waals surface area contributed by atoms with Crippen LogP contribution in [0.1, 0.15) is 31.9 Å². The molecule has 0 aliphatic heterocycles. The second-order valence-electron chi connectivity index (χ2n) is 5.03. The van der Waals surface area contributed by atoms with Crippen molar-refractivity contribution in [2.45, 2.75) is 32.4 Å². The molecule has 1 rings (SSSR count). The lowest BCUT2D eigenvalue weighted by atomic mass is 10.0. The van der Waals surface area contributed by atoms with Crippen LogP contribution in [-0.2, 0) is 4.79 Å². The van der Waals surface area contributed by atoms with E-state index in [2.05, 4.69) is 36.6 Å². The van der Waals surface area contributed by atoms with Gasteiger partial charge < -0.3 is 15.4 Å². The van der Waals surface area contributed by atoms with Crippen molar-refractivity contribution in [3.63, 3.8) is 0 Å². The third kappa shape index (κ3) is 4.98. The van der Waals surface area contributed by atoms with Crippen molar-refractivity contribution < 1.29 is 4.79 Å². The Hall–Kier alpha value is -1.19. The summed E-state index contributed by atoms with van der Waals surface area (Å²) in [4.78, 5) is 11.0. The number of carbonyl (C=O) groups is 1. The predicted octanol–water partition coefficient (Wildman–Crippen LogP) is 2.15. The van der Waals surface area contributed by atoms with E-state index in [9.17, 15) is 4.79 Å². The first-order valence-corrected chi connectivity index (χ1v) is 6.58. The number of nitrogens with one attached hydrogen (secondary N) is 2. The SMILES string of the molecule is CNC(CNC(C=O)CC(C)C)c1ccccc1. The zero-order valence-corrected chi connectivity index (χ0v) is 11.5. The largest absolute Gasteiger partial charge is 0.312 e. The molecule has 0 fully saturated rings. The predicted molar refractivity (Wildman–Crippen MR) is 75.6 cm³/mol. The lowest BCUT2D eigenvalue weighted by molar-refractivity contribution is -0.109. The van der Waals surface area contributed by atoms with Gasteiger partial charge in [0.25, 0.3) is 0 Å². The first kappa shape index (κ1) is 14.9. The second kappa shape index (κ2) is 8.01. The molecule has 0 aromatic heterocycles. The van der Waals surface area contributed by atoms with Gasteiger partial charge in [-0.2, -0.15) is 0 Å². The van der Waals surface area contributed by atoms with Crippen molar-refractivity contribution in [2.75, 3.05) is 13.6 Å². The normalized spacial score (nSPS) is 14.4. The van der Waals surface area contributed by atoms with Gasteiger partial charge in [0.15, 0.2) is 0 Å². The maximum Gasteiger partial charge on any atom is 0.136 e. The van der Waals surface area contributed by atoms with Crippen molar-refractivity contribution >= 4 is 6.29 Å². The fourth-order valence-electron chi connectivity index (χ4n) is 2.04. The monoisotopic (exact) mass is 248 g/mol. The molecule has 0 aliphatic rings. The molecule has 18 heavy (non-hydrogen) atoms. The second-order valence-corrected chi connectivity index (χ2v) is 5.03. The number of likely N-dealkylation sites (N-methyl/N-ethyl adjacent to an activating group) is 1. The van der Waals surface area contributed by atoms with E-state index in [1.807, 2.05) is 25.2 Å². The molecule has 0 saturated heterocycles. The molecule has 0 heterocycles. The summed E-state index contributed by atoms with van der Waals surface area (Å²) in [5, 5.41) is 6.59. The summed E-state index contributed by atoms with van der Waals surface area (Å²) >= 11 is 0. The standard InChI is InChI=1S/C15H24N2O/c1-12(2)9-14(11-18)17-10-15(16-3)13-7-5-4-6-8-13/h4-8,11-12,14-17H,9-10H2,1-3H3. The van der Waals surface area contributed by atoms with Crippen molar-refractivity contribution in [2.24, 2.45) is 5.92 Å². The third-order valence-electron chi connectivity index (χ3n) is 3.02. The molecule has 3 nitrogen and oxygen atoms in total. The summed E-state index contributed by atoms with van der Waals surface area (Å²) in [5.74, 6) is 0.525. The van der Waals surface area contributed by atoms with Gasteiger partial charge in [0.05, 0.1) is 6.04 Å². The molecular weight excluding hydrogens is 224 g/mol. The molecule has 0 radical (unpaired) electrons. The van der Waals surface area contributed by atoms with Gasteiger partial charge in [-0.1, -0.05) is 44.2 Å². The number of rotatable bonds is 8. The maximum atomic E-state index is 11.0. The molecule has 2 N–H and O–H groups in total. The van der Waals surface area contributed by atoms with E-state index >= 15 is 0 Å². The van der Waals surface area contributed by atoms with Crippen molar-refractivity contribution in [3.8, 4) is 0 Å². The Kier molecular flexibility index (Phi) is 6.61. The zero-order valence-electron chi connectivity index (χ0n) is 11.5. The minimum absolute atomic E-state index is 0.0513. The lowest BCUT2D eigenvalue weighted by Crippen LogP contribution is -2.38. The van der Waals surface area contributed by atoms with Crippen molar-refractivity contribution in [3.05, 3.63) is 35.9 Å². The highest BCUT2D eigenvalue weighted by atomic mass is 16.1. The summed E-state index contributed by atoms with van der Waals surface area (Å²) in [5.41, 5.74) is 1.24. The van der Waals surface area contributed by atoms with E-state index in [1.165, 1.54) is 5.56 Å². The van der Waals surface area contributed by atoms with Crippen LogP contribution in [0.5, 0.6) is 0 Å². The van der Waals surface area contributed by atoms with E-state index < -0.39 is 0 Å². The summed E-state index contributed by atoms with van der Waals surface area (Å²) in [6.07, 6.45) is 1.90. The Morgan fingerprint density at radius 1 is 1.22 bits per heavy atom. The van der Waals surface area contributed by atoms with Gasteiger partial charge in [-0.05, 0) is 24.9 Å². The number of hydrogen-bond donors (Lipinski definition) is 2. The first-order chi connectivity index (χ1) is 8.67. The van der Waals surface area contributed by atoms with Crippen LogP contribution in [0.25, 0.3) is 0 Å². The van der Waals surface area contributed by atoms with Gasteiger partial charge in [0, 0.05) is 12.6 Å². The Bertz CT molecular complexity index is 338. The van der Waals surface area contributed by atoms with Crippen LogP contribution in [0, 0.1) is 5.92 Å². The van der Waals surface area contributed by atoms with Gasteiger partial charge in [-0.3, -0.25) is 0 Å². The van der Waals surface area contributed by atoms with E-state index in [4.69, 9.17) is 0 Å². The molecule has 3 heteroatoms. The molecule has 1 aromatic rings. The highest BCUT2D eigenvalue weighted by molar-refractivity contribution is 5.57. The minimum Gasteiger partial charge on any atom is -0.312 e. The molecule has 2 unspecified atom stereocenters. The van der Waals surface area contributed by atoms with Crippen molar-refractivity contribution in [1.29, 1.82) is 0 Å². The maximum absolute atomic E-state index is 11.0. The Morgan fingerprint density at radius 2 is 1.89 bits per heavy atom. The van der Waals surface area contributed by atoms with Gasteiger partial charge in [0.1, 0.15) is 6.29 Å². The highest BCUT2D eigenvalue weighted by Crippen LogP contribution is 2.11. The quantitative estimate of drug-likeness (QED) is 0.693. The summed E-state index contributed by atoms with van der Waals surface area (Å²) in [7, 11) is 1.94. The van der Waals surface area contributed by atoms with Crippen LogP contribution in [-0.4, -0.2) is 25.9 Å². The van der Waals surface area contributed by atoms with Gasteiger partial charge in [-0.25, -0.2) is 0 Å². The van der Waals surface area contributed by atoms with Crippen LogP contribution in [0.4, 0.5) is 0 Å². The van der Waals surface area contributed by atoms with Gasteiger partial charge in [0.2, 0.25) is 0 Å². The Balaban J connectivity index is 2.51. The van der Waals surface area contributed by atoms with Gasteiger partial charge >= 0.3 is 0 Å². The molecule has 2 atom stereocenters. The van der Waals surface area contributed by atoms with Crippen LogP contribution in [0.2, 0.25) is 0 Å². The smallest absolute Gasteiger partial charge is 0.136 e. The number of carbonyl (C=O) groups excluding carboxylic acids is 1. The van der Waals surface area contributed by atoms with E-state index in [1.54, 1.807) is 0 Å². The summed E-state index contributed by atoms with van der Waals surface area (Å²) in [6, 6.07) is 10.5. The van der Waals surface area contributed by atoms with Gasteiger partial charge in [-0.15, -0.1) is 0 Å². The van der Waals surface area contributed by atoms with Crippen LogP contribution in [0.15, 0.2) is 30.3 Å². The van der Waals surface area contributed by atoms with Crippen LogP contribution >= 0.6 is 0 Å². The van der Waals surface area contributed by atoms with Crippen LogP contribution in [0.3, 0.4) is 0 Å². The number of benzene rings is 1. The molecule has 100 valence electrons. The third-order valence-corrected chi connectivity index (χ3v) is 3.02. The fourth-order valence-corrected chi connectivity index (χ4v) is 2.04. The fraction of sp³-hybridized carbons (Fsp3) is 0.533. The van der Waals surface area contributed by atoms with E-state index in [-0.39, 0.29) is 12.1 Å². The molecular formula is C15H24N2O. The average molecular weight is 248 g/mol. The average Bonchev–Trinajstić information content (AvgIpc) is 2.39. The van der Waals surface area contributed by atoms with Crippen LogP contribution < -0.4 is 10.6 Å². The molecule has 0 aliphatic carbocycles. The first-order valence-electron chi connectivity index (χ1n) is 6.58. The highest BCUT2D eigenvalue weighted by Gasteiger charge is 2.13. The summed E-state index contributed by atoms with van der Waals surface area (Å²) in [6.45, 7) is 5.02. The number of hydrogen-bond acceptors (Lipinski definition) is 3.